The lowest BCUT2D eigenvalue weighted by molar-refractivity contribution is -0.109. The number of carbonyl (C=O) groups excluding carboxylic acids is 3. The maximum Gasteiger partial charge on any atom is 0.190 e. The second-order valence-corrected chi connectivity index (χ2v) is 20.3. The average Bonchev–Trinajstić information content (AvgIpc) is 3.19. The molecule has 0 radical (unpaired) electrons. The first-order valence-electron chi connectivity index (χ1n) is 17.5. The fourth-order valence-electron chi connectivity index (χ4n) is 6.78. The van der Waals surface area contributed by atoms with Crippen LogP contribution in [-0.2, 0) is 14.4 Å². The molecule has 0 aliphatic rings. The van der Waals surface area contributed by atoms with Crippen molar-refractivity contribution in [3.63, 3.8) is 0 Å². The Morgan fingerprint density at radius 3 is 1.20 bits per heavy atom. The quantitative estimate of drug-likeness (QED) is 0.0774. The Bertz CT molecular complexity index is 2310. The van der Waals surface area contributed by atoms with Crippen LogP contribution in [0.4, 0.5) is 0 Å². The molecule has 0 saturated heterocycles. The molecule has 3 heterocycles. The molecule has 0 atom stereocenters. The van der Waals surface area contributed by atoms with E-state index >= 15 is 0 Å². The van der Waals surface area contributed by atoms with Gasteiger partial charge in [-0.05, 0) is 105 Å². The number of nitrogens with zero attached hydrogens (tertiary/aromatic N) is 3. The molecule has 0 amide bonds. The van der Waals surface area contributed by atoms with Crippen molar-refractivity contribution in [1.29, 1.82) is 0 Å². The van der Waals surface area contributed by atoms with Crippen LogP contribution in [0.3, 0.4) is 0 Å². The third-order valence-corrected chi connectivity index (χ3v) is 16.0. The number of carbonyl (C=O) groups is 3. The minimum atomic E-state index is -3.20. The number of thioether (sulfide) groups is 3. The van der Waals surface area contributed by atoms with Gasteiger partial charge in [0.25, 0.3) is 0 Å². The number of rotatable bonds is 10. The van der Waals surface area contributed by atoms with Crippen molar-refractivity contribution in [2.75, 3.05) is 0 Å². The summed E-state index contributed by atoms with van der Waals surface area (Å²) in [5, 5.41) is 4.31. The number of benzene rings is 4. The van der Waals surface area contributed by atoms with Gasteiger partial charge in [-0.1, -0.05) is 108 Å². The lowest BCUT2D eigenvalue weighted by atomic mass is 10.0. The smallest absolute Gasteiger partial charge is 0.190 e. The topological polar surface area (TPSA) is 89.9 Å². The van der Waals surface area contributed by atoms with Crippen molar-refractivity contribution in [2.24, 2.45) is 0 Å². The van der Waals surface area contributed by atoms with Crippen LogP contribution in [0, 0.1) is 0 Å². The Morgan fingerprint density at radius 1 is 0.418 bits per heavy atom. The molecule has 4 aromatic carbocycles. The zero-order valence-corrected chi connectivity index (χ0v) is 33.8. The van der Waals surface area contributed by atoms with Gasteiger partial charge in [-0.25, -0.2) is 4.98 Å². The minimum absolute atomic E-state index is 0.000903. The fraction of sp³-hybridized carbons (Fsp3) is 0.0667. The summed E-state index contributed by atoms with van der Waals surface area (Å²) < 4.78 is 0. The van der Waals surface area contributed by atoms with Crippen LogP contribution in [0.1, 0.15) is 20.8 Å². The highest BCUT2D eigenvalue weighted by Crippen LogP contribution is 2.30. The molecule has 0 fully saturated rings. The summed E-state index contributed by atoms with van der Waals surface area (Å²) >= 11 is 3.62. The molecule has 0 aliphatic carbocycles. The van der Waals surface area contributed by atoms with Gasteiger partial charge in [0.2, 0.25) is 0 Å². The van der Waals surface area contributed by atoms with E-state index in [2.05, 4.69) is 82.8 Å². The molecule has 0 unspecified atom stereocenters. The summed E-state index contributed by atoms with van der Waals surface area (Å²) in [4.78, 5) is 53.8. The molecule has 0 saturated carbocycles. The SMILES string of the molecule is CC(=O)Sc1cccc([Si](c2ccc(-c3cc(-c4ccccn4)nc(-c4ccccn4)c3)cc2)(c2cccc(SC(C)=O)c2)c2cccc(SC(C)=O)c2)c1. The zero-order chi connectivity index (χ0) is 38.4. The van der Waals surface area contributed by atoms with E-state index in [1.54, 1.807) is 33.2 Å². The van der Waals surface area contributed by atoms with E-state index in [4.69, 9.17) is 4.98 Å². The first-order valence-corrected chi connectivity index (χ1v) is 22.0. The van der Waals surface area contributed by atoms with Gasteiger partial charge in [-0.3, -0.25) is 24.4 Å². The molecule has 0 aliphatic heterocycles. The summed E-state index contributed by atoms with van der Waals surface area (Å²) in [6.07, 6.45) is 3.53. The van der Waals surface area contributed by atoms with E-state index in [1.807, 2.05) is 72.8 Å². The van der Waals surface area contributed by atoms with E-state index in [9.17, 15) is 14.4 Å². The zero-order valence-electron chi connectivity index (χ0n) is 30.3. The predicted octanol–water partition coefficient (Wildman–Crippen LogP) is 8.17. The van der Waals surface area contributed by atoms with Gasteiger partial charge in [-0.2, -0.15) is 0 Å². The number of pyridine rings is 3. The van der Waals surface area contributed by atoms with Crippen LogP contribution in [0.15, 0.2) is 173 Å². The van der Waals surface area contributed by atoms with Crippen molar-refractivity contribution in [3.05, 3.63) is 158 Å². The maximum atomic E-state index is 12.4. The first kappa shape index (κ1) is 37.9. The Labute approximate surface area is 334 Å². The molecule has 7 rings (SSSR count). The number of hydrogen-bond donors (Lipinski definition) is 0. The molecule has 0 spiro atoms. The van der Waals surface area contributed by atoms with Crippen molar-refractivity contribution >= 4 is 79.5 Å². The Morgan fingerprint density at radius 2 is 0.836 bits per heavy atom. The minimum Gasteiger partial charge on any atom is -0.287 e. The van der Waals surface area contributed by atoms with Crippen LogP contribution < -0.4 is 20.7 Å². The lowest BCUT2D eigenvalue weighted by Gasteiger charge is -2.35. The van der Waals surface area contributed by atoms with E-state index in [1.165, 1.54) is 35.3 Å². The Hall–Kier alpha value is -5.39. The highest BCUT2D eigenvalue weighted by Gasteiger charge is 2.42. The standard InChI is InChI=1S/C45H35N3O3S3Si/c1-30(49)52-35-11-8-14-39(27-35)55(40-15-9-12-36(28-40)53-31(2)50,41-16-10-13-37(29-41)54-32(3)51)38-21-19-33(20-22-38)34-25-44(42-17-4-6-23-46-42)48-45(26-34)43-18-5-7-24-47-43/h4-29H,1-3H3. The molecule has 270 valence electrons. The first-order chi connectivity index (χ1) is 26.7. The Kier molecular flexibility index (Phi) is 11.7. The van der Waals surface area contributed by atoms with Gasteiger partial charge in [0.15, 0.2) is 23.4 Å². The lowest BCUT2D eigenvalue weighted by Crippen LogP contribution is -2.74. The highest BCUT2D eigenvalue weighted by atomic mass is 32.2. The monoisotopic (exact) mass is 789 g/mol. The van der Waals surface area contributed by atoms with Gasteiger partial charge in [0, 0.05) is 47.9 Å². The summed E-state index contributed by atoms with van der Waals surface area (Å²) in [7, 11) is -3.20. The molecular weight excluding hydrogens is 755 g/mol. The fourth-order valence-corrected chi connectivity index (χ4v) is 13.9. The molecule has 3 aromatic heterocycles. The second-order valence-electron chi connectivity index (χ2n) is 12.7. The molecular formula is C45H35N3O3S3Si. The summed E-state index contributed by atoms with van der Waals surface area (Å²) in [5.41, 5.74) is 4.97. The van der Waals surface area contributed by atoms with E-state index in [0.29, 0.717) is 0 Å². The van der Waals surface area contributed by atoms with Gasteiger partial charge in [0.05, 0.1) is 22.8 Å². The van der Waals surface area contributed by atoms with Crippen molar-refractivity contribution in [3.8, 4) is 33.9 Å². The molecule has 0 bridgehead atoms. The van der Waals surface area contributed by atoms with Crippen LogP contribution in [0.5, 0.6) is 0 Å². The largest absolute Gasteiger partial charge is 0.287 e. The van der Waals surface area contributed by atoms with Gasteiger partial charge in [0.1, 0.15) is 0 Å². The summed E-state index contributed by atoms with van der Waals surface area (Å²) in [6.45, 7) is 4.72. The summed E-state index contributed by atoms with van der Waals surface area (Å²) in [6, 6.07) is 49.1. The Balaban J connectivity index is 1.48. The van der Waals surface area contributed by atoms with Crippen molar-refractivity contribution in [1.82, 2.24) is 15.0 Å². The van der Waals surface area contributed by atoms with Gasteiger partial charge < -0.3 is 0 Å². The molecule has 10 heteroatoms. The third-order valence-electron chi connectivity index (χ3n) is 8.92. The van der Waals surface area contributed by atoms with Gasteiger partial charge in [-0.15, -0.1) is 0 Å². The van der Waals surface area contributed by atoms with E-state index < -0.39 is 8.07 Å². The van der Waals surface area contributed by atoms with E-state index in [-0.39, 0.29) is 15.3 Å². The van der Waals surface area contributed by atoms with Crippen molar-refractivity contribution < 1.29 is 14.4 Å². The maximum absolute atomic E-state index is 12.4. The van der Waals surface area contributed by atoms with Crippen LogP contribution >= 0.6 is 35.3 Å². The molecule has 55 heavy (non-hydrogen) atoms. The molecule has 7 aromatic rings. The van der Waals surface area contributed by atoms with Crippen molar-refractivity contribution in [2.45, 2.75) is 35.5 Å². The number of hydrogen-bond acceptors (Lipinski definition) is 9. The third kappa shape index (κ3) is 8.63. The predicted molar refractivity (Wildman–Crippen MR) is 229 cm³/mol. The van der Waals surface area contributed by atoms with Crippen LogP contribution in [0.2, 0.25) is 0 Å². The van der Waals surface area contributed by atoms with Crippen LogP contribution in [-0.4, -0.2) is 38.4 Å². The second kappa shape index (κ2) is 17.0. The van der Waals surface area contributed by atoms with E-state index in [0.717, 1.165) is 69.3 Å². The number of aromatic nitrogens is 3. The van der Waals surface area contributed by atoms with Crippen LogP contribution in [0.25, 0.3) is 33.9 Å². The normalized spacial score (nSPS) is 11.3. The average molecular weight is 790 g/mol. The molecule has 6 nitrogen and oxygen atoms in total. The molecule has 0 N–H and O–H groups in total. The van der Waals surface area contributed by atoms with Gasteiger partial charge >= 0.3 is 0 Å². The summed E-state index contributed by atoms with van der Waals surface area (Å²) in [5.74, 6) is 0. The highest BCUT2D eigenvalue weighted by molar-refractivity contribution is 8.14.